The molecule has 0 aliphatic rings. The summed E-state index contributed by atoms with van der Waals surface area (Å²) in [7, 11) is 0. The molecular formula is C12H14ClN3. The van der Waals surface area contributed by atoms with Gasteiger partial charge < -0.3 is 5.73 Å². The van der Waals surface area contributed by atoms with E-state index in [0.717, 1.165) is 22.6 Å². The first kappa shape index (κ1) is 11.0. The summed E-state index contributed by atoms with van der Waals surface area (Å²) in [5.41, 5.74) is 9.51. The molecule has 0 fully saturated rings. The fraction of sp³-hybridized carbons (Fsp3) is 0.250. The number of hydrogen-bond acceptors (Lipinski definition) is 2. The van der Waals surface area contributed by atoms with Crippen molar-refractivity contribution in [2.45, 2.75) is 19.8 Å². The number of hydrogen-bond donors (Lipinski definition) is 2. The summed E-state index contributed by atoms with van der Waals surface area (Å²) in [5.74, 6) is 0.341. The van der Waals surface area contributed by atoms with Gasteiger partial charge in [0.25, 0.3) is 0 Å². The van der Waals surface area contributed by atoms with Crippen molar-refractivity contribution in [1.82, 2.24) is 10.2 Å². The molecule has 0 aliphatic carbocycles. The third kappa shape index (κ3) is 1.91. The van der Waals surface area contributed by atoms with Crippen LogP contribution in [0.1, 0.15) is 25.5 Å². The van der Waals surface area contributed by atoms with Crippen molar-refractivity contribution in [1.29, 1.82) is 0 Å². The van der Waals surface area contributed by atoms with Gasteiger partial charge in [-0.3, -0.25) is 5.10 Å². The zero-order valence-corrected chi connectivity index (χ0v) is 10.0. The Morgan fingerprint density at radius 3 is 2.38 bits per heavy atom. The Morgan fingerprint density at radius 2 is 1.88 bits per heavy atom. The van der Waals surface area contributed by atoms with Crippen LogP contribution in [-0.4, -0.2) is 10.2 Å². The van der Waals surface area contributed by atoms with Gasteiger partial charge in [-0.25, -0.2) is 0 Å². The van der Waals surface area contributed by atoms with E-state index < -0.39 is 0 Å². The summed E-state index contributed by atoms with van der Waals surface area (Å²) >= 11 is 5.84. The molecule has 0 amide bonds. The van der Waals surface area contributed by atoms with Crippen LogP contribution in [0, 0.1) is 0 Å². The van der Waals surface area contributed by atoms with E-state index in [1.165, 1.54) is 0 Å². The molecule has 3 nitrogen and oxygen atoms in total. The van der Waals surface area contributed by atoms with Crippen molar-refractivity contribution in [2.24, 2.45) is 0 Å². The number of benzene rings is 1. The van der Waals surface area contributed by atoms with Crippen LogP contribution in [0.5, 0.6) is 0 Å². The molecule has 0 unspecified atom stereocenters. The summed E-state index contributed by atoms with van der Waals surface area (Å²) in [5, 5.41) is 7.93. The number of nitrogens with two attached hydrogens (primary N) is 1. The zero-order valence-electron chi connectivity index (χ0n) is 9.29. The summed E-state index contributed by atoms with van der Waals surface area (Å²) in [6.45, 7) is 4.16. The van der Waals surface area contributed by atoms with E-state index in [-0.39, 0.29) is 0 Å². The van der Waals surface area contributed by atoms with Crippen LogP contribution in [0.4, 0.5) is 5.69 Å². The van der Waals surface area contributed by atoms with Gasteiger partial charge in [0.2, 0.25) is 0 Å². The summed E-state index contributed by atoms with van der Waals surface area (Å²) in [6.07, 6.45) is 0. The Bertz CT molecular complexity index is 485. The SMILES string of the molecule is CC(C)c1[nH]nc(-c2ccc(Cl)cc2)c1N. The maximum atomic E-state index is 6.05. The quantitative estimate of drug-likeness (QED) is 0.838. The van der Waals surface area contributed by atoms with E-state index in [1.54, 1.807) is 0 Å². The lowest BCUT2D eigenvalue weighted by molar-refractivity contribution is 0.813. The van der Waals surface area contributed by atoms with Crippen molar-refractivity contribution >= 4 is 17.3 Å². The maximum absolute atomic E-state index is 6.05. The van der Waals surface area contributed by atoms with Gasteiger partial charge in [0.05, 0.1) is 11.4 Å². The standard InChI is InChI=1S/C12H14ClN3/c1-7(2)11-10(14)12(16-15-11)8-3-5-9(13)6-4-8/h3-7H,14H2,1-2H3,(H,15,16). The maximum Gasteiger partial charge on any atom is 0.115 e. The minimum atomic E-state index is 0.341. The summed E-state index contributed by atoms with van der Waals surface area (Å²) < 4.78 is 0. The zero-order chi connectivity index (χ0) is 11.7. The van der Waals surface area contributed by atoms with Crippen molar-refractivity contribution < 1.29 is 0 Å². The molecule has 0 bridgehead atoms. The van der Waals surface area contributed by atoms with Crippen molar-refractivity contribution in [2.75, 3.05) is 5.73 Å². The highest BCUT2D eigenvalue weighted by atomic mass is 35.5. The molecule has 1 aromatic carbocycles. The highest BCUT2D eigenvalue weighted by Gasteiger charge is 2.13. The second kappa shape index (κ2) is 4.18. The van der Waals surface area contributed by atoms with Gasteiger partial charge in [-0.05, 0) is 18.1 Å². The third-order valence-electron chi connectivity index (χ3n) is 2.53. The van der Waals surface area contributed by atoms with Gasteiger partial charge in [-0.2, -0.15) is 5.10 Å². The molecule has 16 heavy (non-hydrogen) atoms. The Morgan fingerprint density at radius 1 is 1.25 bits per heavy atom. The van der Waals surface area contributed by atoms with E-state index in [1.807, 2.05) is 24.3 Å². The molecule has 2 rings (SSSR count). The molecule has 2 aromatic rings. The molecule has 0 spiro atoms. The van der Waals surface area contributed by atoms with Gasteiger partial charge >= 0.3 is 0 Å². The van der Waals surface area contributed by atoms with E-state index in [4.69, 9.17) is 17.3 Å². The number of rotatable bonds is 2. The molecule has 1 aromatic heterocycles. The Kier molecular flexibility index (Phi) is 2.88. The lowest BCUT2D eigenvalue weighted by Gasteiger charge is -2.03. The van der Waals surface area contributed by atoms with Crippen LogP contribution in [-0.2, 0) is 0 Å². The molecule has 0 radical (unpaired) electrons. The number of nitrogen functional groups attached to an aromatic ring is 1. The minimum Gasteiger partial charge on any atom is -0.395 e. The largest absolute Gasteiger partial charge is 0.395 e. The van der Waals surface area contributed by atoms with Gasteiger partial charge in [0.1, 0.15) is 5.69 Å². The van der Waals surface area contributed by atoms with Crippen LogP contribution in [0.25, 0.3) is 11.3 Å². The topological polar surface area (TPSA) is 54.7 Å². The predicted molar refractivity (Wildman–Crippen MR) is 67.5 cm³/mol. The molecule has 0 aliphatic heterocycles. The van der Waals surface area contributed by atoms with E-state index in [9.17, 15) is 0 Å². The molecule has 0 saturated carbocycles. The average Bonchev–Trinajstić information content (AvgIpc) is 2.61. The second-order valence-corrected chi connectivity index (χ2v) is 4.50. The van der Waals surface area contributed by atoms with Crippen LogP contribution in [0.2, 0.25) is 5.02 Å². The normalized spacial score (nSPS) is 11.0. The van der Waals surface area contributed by atoms with Crippen molar-refractivity contribution in [3.63, 3.8) is 0 Å². The number of halogens is 1. The lowest BCUT2D eigenvalue weighted by atomic mass is 10.1. The number of H-pyrrole nitrogens is 1. The van der Waals surface area contributed by atoms with Crippen LogP contribution < -0.4 is 5.73 Å². The molecule has 4 heteroatoms. The first-order chi connectivity index (χ1) is 7.59. The van der Waals surface area contributed by atoms with E-state index >= 15 is 0 Å². The molecule has 3 N–H and O–H groups in total. The van der Waals surface area contributed by atoms with Gasteiger partial charge in [0.15, 0.2) is 0 Å². The first-order valence-electron chi connectivity index (χ1n) is 5.19. The Labute approximate surface area is 99.6 Å². The number of aromatic nitrogens is 2. The fourth-order valence-corrected chi connectivity index (χ4v) is 1.76. The summed E-state index contributed by atoms with van der Waals surface area (Å²) in [4.78, 5) is 0. The predicted octanol–water partition coefficient (Wildman–Crippen LogP) is 3.44. The van der Waals surface area contributed by atoms with Crippen molar-refractivity contribution in [3.8, 4) is 11.3 Å². The molecule has 84 valence electrons. The molecule has 0 atom stereocenters. The van der Waals surface area contributed by atoms with Gasteiger partial charge in [0, 0.05) is 10.6 Å². The number of anilines is 1. The monoisotopic (exact) mass is 235 g/mol. The van der Waals surface area contributed by atoms with Crippen LogP contribution in [0.15, 0.2) is 24.3 Å². The minimum absolute atomic E-state index is 0.341. The number of nitrogens with one attached hydrogen (secondary N) is 1. The van der Waals surface area contributed by atoms with Gasteiger partial charge in [-0.1, -0.05) is 37.6 Å². The highest BCUT2D eigenvalue weighted by molar-refractivity contribution is 6.30. The third-order valence-corrected chi connectivity index (χ3v) is 2.78. The second-order valence-electron chi connectivity index (χ2n) is 4.06. The van der Waals surface area contributed by atoms with Crippen LogP contribution in [0.3, 0.4) is 0 Å². The first-order valence-corrected chi connectivity index (χ1v) is 5.57. The fourth-order valence-electron chi connectivity index (χ4n) is 1.63. The molecular weight excluding hydrogens is 222 g/mol. The smallest absolute Gasteiger partial charge is 0.115 e. The van der Waals surface area contributed by atoms with E-state index in [0.29, 0.717) is 10.9 Å². The molecule has 0 saturated heterocycles. The molecule has 1 heterocycles. The highest BCUT2D eigenvalue weighted by Crippen LogP contribution is 2.30. The van der Waals surface area contributed by atoms with Crippen LogP contribution >= 0.6 is 11.6 Å². The van der Waals surface area contributed by atoms with E-state index in [2.05, 4.69) is 24.0 Å². The van der Waals surface area contributed by atoms with Gasteiger partial charge in [-0.15, -0.1) is 0 Å². The number of nitrogens with zero attached hydrogens (tertiary/aromatic N) is 1. The number of aromatic amines is 1. The summed E-state index contributed by atoms with van der Waals surface area (Å²) in [6, 6.07) is 7.50. The average molecular weight is 236 g/mol. The van der Waals surface area contributed by atoms with Crippen molar-refractivity contribution in [3.05, 3.63) is 35.0 Å². The Balaban J connectivity index is 2.45. The Hall–Kier alpha value is -1.48. The lowest BCUT2D eigenvalue weighted by Crippen LogP contribution is -1.94.